The molecule has 2 atom stereocenters. The number of hydrogen-bond donors (Lipinski definition) is 1. The third kappa shape index (κ3) is 2.74. The molecule has 144 valence electrons. The van der Waals surface area contributed by atoms with Crippen LogP contribution < -0.4 is 5.73 Å². The van der Waals surface area contributed by atoms with E-state index < -0.39 is 0 Å². The van der Waals surface area contributed by atoms with E-state index in [9.17, 15) is 0 Å². The molecule has 3 heterocycles. The van der Waals surface area contributed by atoms with Gasteiger partial charge in [-0.3, -0.25) is 9.39 Å². The van der Waals surface area contributed by atoms with Gasteiger partial charge in [0.15, 0.2) is 0 Å². The Morgan fingerprint density at radius 1 is 1.14 bits per heavy atom. The third-order valence-electron chi connectivity index (χ3n) is 6.04. The predicted octanol–water partition coefficient (Wildman–Crippen LogP) is 4.46. The molecule has 1 aliphatic heterocycles. The highest BCUT2D eigenvalue weighted by Gasteiger charge is 2.32. The molecule has 2 unspecified atom stereocenters. The Labute approximate surface area is 173 Å². The molecular formula is C23H21N5S. The number of anilines is 1. The van der Waals surface area contributed by atoms with Gasteiger partial charge < -0.3 is 5.73 Å². The molecule has 0 radical (unpaired) electrons. The van der Waals surface area contributed by atoms with Gasteiger partial charge in [-0.1, -0.05) is 60.7 Å². The van der Waals surface area contributed by atoms with Crippen LogP contribution in [0.2, 0.25) is 0 Å². The smallest absolute Gasteiger partial charge is 0.150 e. The molecule has 1 fully saturated rings. The van der Waals surface area contributed by atoms with Crippen LogP contribution in [-0.2, 0) is 0 Å². The lowest BCUT2D eigenvalue weighted by Gasteiger charge is -2.23. The van der Waals surface area contributed by atoms with E-state index in [1.807, 2.05) is 24.0 Å². The first-order valence-corrected chi connectivity index (χ1v) is 11.0. The monoisotopic (exact) mass is 399 g/mol. The van der Waals surface area contributed by atoms with Gasteiger partial charge in [0.25, 0.3) is 0 Å². The average molecular weight is 400 g/mol. The molecule has 1 saturated carbocycles. The van der Waals surface area contributed by atoms with E-state index in [-0.39, 0.29) is 6.04 Å². The number of aromatic nitrogens is 3. The predicted molar refractivity (Wildman–Crippen MR) is 119 cm³/mol. The summed E-state index contributed by atoms with van der Waals surface area (Å²) >= 11 is 1.83. The van der Waals surface area contributed by atoms with Crippen molar-refractivity contribution >= 4 is 33.7 Å². The number of nitrogen functional groups attached to an aromatic ring is 1. The minimum absolute atomic E-state index is 0.122. The third-order valence-corrected chi connectivity index (χ3v) is 7.31. The molecule has 0 saturated heterocycles. The zero-order valence-corrected chi connectivity index (χ0v) is 16.7. The van der Waals surface area contributed by atoms with E-state index in [0.717, 1.165) is 27.7 Å². The van der Waals surface area contributed by atoms with Gasteiger partial charge in [-0.05, 0) is 18.9 Å². The molecule has 29 heavy (non-hydrogen) atoms. The van der Waals surface area contributed by atoms with Crippen LogP contribution in [0.3, 0.4) is 0 Å². The van der Waals surface area contributed by atoms with E-state index in [2.05, 4.69) is 51.9 Å². The summed E-state index contributed by atoms with van der Waals surface area (Å²) in [5.41, 5.74) is 10.4. The fourth-order valence-corrected chi connectivity index (χ4v) is 5.43. The van der Waals surface area contributed by atoms with Crippen LogP contribution in [0.1, 0.15) is 42.3 Å². The summed E-state index contributed by atoms with van der Waals surface area (Å²) in [6.45, 7) is 0. The number of fused-ring (bicyclic) bond motifs is 2. The minimum Gasteiger partial charge on any atom is -0.382 e. The van der Waals surface area contributed by atoms with Crippen molar-refractivity contribution in [3.8, 4) is 0 Å². The summed E-state index contributed by atoms with van der Waals surface area (Å²) in [7, 11) is 0. The fraction of sp³-hybridized carbons (Fsp3) is 0.261. The lowest BCUT2D eigenvalue weighted by molar-refractivity contribution is 0.400. The molecule has 0 spiro atoms. The molecule has 0 bridgehead atoms. The summed E-state index contributed by atoms with van der Waals surface area (Å²) in [6.07, 6.45) is 14.1. The molecule has 2 aliphatic carbocycles. The van der Waals surface area contributed by atoms with Crippen molar-refractivity contribution in [2.75, 3.05) is 5.73 Å². The Bertz CT molecular complexity index is 1190. The standard InChI is InChI=1S/C23H21N5S/c24-21-20-19(27-22(14-7-4-8-14)28(20)12-11-25-21)16-9-10-18-17(13-16)26-23(29-18)15-5-2-1-3-6-15/h1-3,5-6,9-14,17-18H,4,7-8H2,(H2,24,25). The van der Waals surface area contributed by atoms with Gasteiger partial charge in [-0.15, -0.1) is 0 Å². The first kappa shape index (κ1) is 17.0. The van der Waals surface area contributed by atoms with Gasteiger partial charge in [0.05, 0.1) is 22.0 Å². The lowest BCUT2D eigenvalue weighted by atomic mass is 9.85. The van der Waals surface area contributed by atoms with Gasteiger partial charge in [0.2, 0.25) is 0 Å². The van der Waals surface area contributed by atoms with Gasteiger partial charge in [-0.2, -0.15) is 0 Å². The van der Waals surface area contributed by atoms with Crippen LogP contribution in [0, 0.1) is 0 Å². The topological polar surface area (TPSA) is 68.6 Å². The molecule has 3 aliphatic rings. The van der Waals surface area contributed by atoms with Crippen LogP contribution in [0.5, 0.6) is 0 Å². The zero-order chi connectivity index (χ0) is 19.4. The first-order chi connectivity index (χ1) is 14.3. The van der Waals surface area contributed by atoms with Crippen LogP contribution in [0.15, 0.2) is 65.9 Å². The molecule has 2 aromatic heterocycles. The van der Waals surface area contributed by atoms with Crippen molar-refractivity contribution in [3.63, 3.8) is 0 Å². The maximum atomic E-state index is 6.29. The Morgan fingerprint density at radius 2 is 2.00 bits per heavy atom. The lowest BCUT2D eigenvalue weighted by Crippen LogP contribution is -2.15. The molecule has 1 aromatic carbocycles. The molecule has 3 aromatic rings. The van der Waals surface area contributed by atoms with Crippen molar-refractivity contribution in [1.29, 1.82) is 0 Å². The van der Waals surface area contributed by atoms with Crippen molar-refractivity contribution < 1.29 is 0 Å². The first-order valence-electron chi connectivity index (χ1n) is 10.1. The normalized spacial score (nSPS) is 23.6. The molecule has 2 N–H and O–H groups in total. The number of nitrogens with zero attached hydrogens (tertiary/aromatic N) is 4. The Kier molecular flexibility index (Phi) is 3.87. The Morgan fingerprint density at radius 3 is 2.79 bits per heavy atom. The van der Waals surface area contributed by atoms with Crippen LogP contribution >= 0.6 is 11.8 Å². The quantitative estimate of drug-likeness (QED) is 0.706. The number of nitrogens with two attached hydrogens (primary N) is 1. The van der Waals surface area contributed by atoms with E-state index >= 15 is 0 Å². The minimum atomic E-state index is 0.122. The summed E-state index contributed by atoms with van der Waals surface area (Å²) in [6, 6.07) is 10.5. The molecule has 6 rings (SSSR count). The second kappa shape index (κ2) is 6.59. The second-order valence-electron chi connectivity index (χ2n) is 7.83. The fourth-order valence-electron chi connectivity index (χ4n) is 4.29. The largest absolute Gasteiger partial charge is 0.382 e. The molecular weight excluding hydrogens is 378 g/mol. The van der Waals surface area contributed by atoms with E-state index in [1.54, 1.807) is 6.20 Å². The Balaban J connectivity index is 1.43. The maximum Gasteiger partial charge on any atom is 0.150 e. The summed E-state index contributed by atoms with van der Waals surface area (Å²) < 4.78 is 2.14. The van der Waals surface area contributed by atoms with Crippen molar-refractivity contribution in [1.82, 2.24) is 14.4 Å². The average Bonchev–Trinajstić information content (AvgIpc) is 3.30. The van der Waals surface area contributed by atoms with Crippen LogP contribution in [0.25, 0.3) is 11.1 Å². The summed E-state index contributed by atoms with van der Waals surface area (Å²) in [4.78, 5) is 14.4. The number of hydrogen-bond acceptors (Lipinski definition) is 5. The summed E-state index contributed by atoms with van der Waals surface area (Å²) in [5.74, 6) is 2.16. The van der Waals surface area contributed by atoms with E-state index in [0.29, 0.717) is 17.0 Å². The van der Waals surface area contributed by atoms with Gasteiger partial charge in [0.1, 0.15) is 17.2 Å². The number of allylic oxidation sites excluding steroid dienone is 2. The molecule has 0 amide bonds. The highest BCUT2D eigenvalue weighted by Crippen LogP contribution is 2.41. The maximum absolute atomic E-state index is 6.29. The van der Waals surface area contributed by atoms with E-state index in [4.69, 9.17) is 15.7 Å². The number of aliphatic imine (C=N–C) groups is 1. The summed E-state index contributed by atoms with van der Waals surface area (Å²) in [5, 5.41) is 1.44. The SMILES string of the molecule is Nc1nccn2c(C3CCC3)nc(C3=CC4N=C(c5ccccc5)SC4C=C3)c12. The number of rotatable bonds is 3. The number of thioether (sulfide) groups is 1. The van der Waals surface area contributed by atoms with Crippen LogP contribution in [0.4, 0.5) is 5.82 Å². The second-order valence-corrected chi connectivity index (χ2v) is 9.00. The molecule has 6 heteroatoms. The number of benzene rings is 1. The number of imidazole rings is 1. The van der Waals surface area contributed by atoms with Crippen LogP contribution in [-0.4, -0.2) is 30.7 Å². The van der Waals surface area contributed by atoms with Crippen molar-refractivity contribution in [2.45, 2.75) is 36.5 Å². The van der Waals surface area contributed by atoms with Crippen molar-refractivity contribution in [3.05, 3.63) is 78.0 Å². The highest BCUT2D eigenvalue weighted by atomic mass is 32.2. The van der Waals surface area contributed by atoms with Gasteiger partial charge in [0, 0.05) is 29.4 Å². The Hall–Kier alpha value is -2.86. The van der Waals surface area contributed by atoms with E-state index in [1.165, 1.54) is 24.8 Å². The highest BCUT2D eigenvalue weighted by molar-refractivity contribution is 8.15. The van der Waals surface area contributed by atoms with Gasteiger partial charge in [-0.25, -0.2) is 9.97 Å². The van der Waals surface area contributed by atoms with Gasteiger partial charge >= 0.3 is 0 Å². The van der Waals surface area contributed by atoms with Crippen molar-refractivity contribution in [2.24, 2.45) is 4.99 Å². The zero-order valence-electron chi connectivity index (χ0n) is 15.9. The molecule has 5 nitrogen and oxygen atoms in total.